The molecule has 0 aliphatic heterocycles. The van der Waals surface area contributed by atoms with Crippen molar-refractivity contribution in [3.8, 4) is 0 Å². The zero-order valence-corrected chi connectivity index (χ0v) is 16.1. The van der Waals surface area contributed by atoms with E-state index in [0.29, 0.717) is 5.57 Å². The van der Waals surface area contributed by atoms with E-state index in [4.69, 9.17) is 0 Å². The maximum atomic E-state index is 14.4. The van der Waals surface area contributed by atoms with Crippen LogP contribution in [0, 0.1) is 0 Å². The first kappa shape index (κ1) is 19.9. The molecule has 0 atom stereocenters. The van der Waals surface area contributed by atoms with E-state index in [1.54, 1.807) is 6.92 Å². The van der Waals surface area contributed by atoms with Crippen molar-refractivity contribution >= 4 is 11.6 Å². The van der Waals surface area contributed by atoms with Gasteiger partial charge in [-0.15, -0.1) is 0 Å². The van der Waals surface area contributed by atoms with Gasteiger partial charge < -0.3 is 0 Å². The maximum Gasteiger partial charge on any atom is 0.126 e. The molecule has 0 aliphatic rings. The van der Waals surface area contributed by atoms with Crippen LogP contribution in [0.3, 0.4) is 0 Å². The highest BCUT2D eigenvalue weighted by molar-refractivity contribution is 5.79. The molecule has 0 N–H and O–H groups in total. The second-order valence-electron chi connectivity index (χ2n) is 6.47. The molecular formula is C25H29F. The summed E-state index contributed by atoms with van der Waals surface area (Å²) in [5.74, 6) is -0.197. The van der Waals surface area contributed by atoms with Gasteiger partial charge in [0.15, 0.2) is 0 Å². The third kappa shape index (κ3) is 5.84. The Morgan fingerprint density at radius 2 is 1.58 bits per heavy atom. The van der Waals surface area contributed by atoms with Crippen molar-refractivity contribution in [2.45, 2.75) is 46.5 Å². The number of unbranched alkanes of at least 4 members (excludes halogenated alkanes) is 1. The Morgan fingerprint density at radius 3 is 2.15 bits per heavy atom. The molecule has 2 rings (SSSR count). The Morgan fingerprint density at radius 1 is 0.923 bits per heavy atom. The average Bonchev–Trinajstić information content (AvgIpc) is 2.70. The van der Waals surface area contributed by atoms with E-state index in [1.807, 2.05) is 30.4 Å². The highest BCUT2D eigenvalue weighted by Gasteiger charge is 2.06. The molecule has 0 amide bonds. The highest BCUT2D eigenvalue weighted by atomic mass is 19.1. The molecule has 0 nitrogen and oxygen atoms in total. The molecule has 1 heteroatoms. The summed E-state index contributed by atoms with van der Waals surface area (Å²) in [5, 5.41) is 0. The SMILES string of the molecule is C\C=C(F)/C(=C\C=C\c1ccc(CC)cc1)c1ccc(CCCC)cc1. The summed E-state index contributed by atoms with van der Waals surface area (Å²) in [5.41, 5.74) is 5.28. The van der Waals surface area contributed by atoms with Crippen LogP contribution in [0.2, 0.25) is 0 Å². The fraction of sp³-hybridized carbons (Fsp3) is 0.280. The third-order valence-corrected chi connectivity index (χ3v) is 4.53. The number of hydrogen-bond acceptors (Lipinski definition) is 0. The normalized spacial score (nSPS) is 12.8. The van der Waals surface area contributed by atoms with Crippen molar-refractivity contribution in [1.29, 1.82) is 0 Å². The lowest BCUT2D eigenvalue weighted by Crippen LogP contribution is -1.89. The van der Waals surface area contributed by atoms with E-state index in [-0.39, 0.29) is 5.83 Å². The fourth-order valence-corrected chi connectivity index (χ4v) is 2.82. The summed E-state index contributed by atoms with van der Waals surface area (Å²) in [6, 6.07) is 16.7. The van der Waals surface area contributed by atoms with Gasteiger partial charge in [-0.3, -0.25) is 0 Å². The summed E-state index contributed by atoms with van der Waals surface area (Å²) in [6.07, 6.45) is 11.8. The Labute approximate surface area is 157 Å². The van der Waals surface area contributed by atoms with Crippen LogP contribution in [0.25, 0.3) is 11.6 Å². The molecule has 0 heterocycles. The van der Waals surface area contributed by atoms with Crippen molar-refractivity contribution in [3.63, 3.8) is 0 Å². The second-order valence-corrected chi connectivity index (χ2v) is 6.47. The zero-order valence-electron chi connectivity index (χ0n) is 16.1. The van der Waals surface area contributed by atoms with Crippen LogP contribution in [-0.2, 0) is 12.8 Å². The van der Waals surface area contributed by atoms with Crippen LogP contribution in [0.5, 0.6) is 0 Å². The van der Waals surface area contributed by atoms with Crippen LogP contribution in [0.15, 0.2) is 72.6 Å². The summed E-state index contributed by atoms with van der Waals surface area (Å²) in [4.78, 5) is 0. The zero-order chi connectivity index (χ0) is 18.8. The smallest absolute Gasteiger partial charge is 0.126 e. The molecule has 0 radical (unpaired) electrons. The lowest BCUT2D eigenvalue weighted by Gasteiger charge is -2.07. The fourth-order valence-electron chi connectivity index (χ4n) is 2.82. The van der Waals surface area contributed by atoms with Crippen molar-refractivity contribution in [2.24, 2.45) is 0 Å². The van der Waals surface area contributed by atoms with Crippen LogP contribution in [-0.4, -0.2) is 0 Å². The molecule has 0 saturated carbocycles. The van der Waals surface area contributed by atoms with Crippen LogP contribution >= 0.6 is 0 Å². The number of aryl methyl sites for hydroxylation is 2. The molecule has 2 aromatic carbocycles. The highest BCUT2D eigenvalue weighted by Crippen LogP contribution is 2.25. The van der Waals surface area contributed by atoms with Gasteiger partial charge in [0.1, 0.15) is 5.83 Å². The van der Waals surface area contributed by atoms with Gasteiger partial charge in [-0.05, 0) is 48.4 Å². The molecule has 0 fully saturated rings. The summed E-state index contributed by atoms with van der Waals surface area (Å²) < 4.78 is 14.4. The van der Waals surface area contributed by atoms with E-state index in [0.717, 1.165) is 24.0 Å². The van der Waals surface area contributed by atoms with Gasteiger partial charge >= 0.3 is 0 Å². The predicted molar refractivity (Wildman–Crippen MR) is 113 cm³/mol. The first-order chi connectivity index (χ1) is 12.7. The Kier molecular flexibility index (Phi) is 8.08. The topological polar surface area (TPSA) is 0 Å². The van der Waals surface area contributed by atoms with E-state index < -0.39 is 0 Å². The average molecular weight is 349 g/mol. The van der Waals surface area contributed by atoms with Gasteiger partial charge in [-0.2, -0.15) is 0 Å². The van der Waals surface area contributed by atoms with Gasteiger partial charge in [0.05, 0.1) is 0 Å². The summed E-state index contributed by atoms with van der Waals surface area (Å²) in [7, 11) is 0. The monoisotopic (exact) mass is 348 g/mol. The molecule has 26 heavy (non-hydrogen) atoms. The quantitative estimate of drug-likeness (QED) is 0.432. The van der Waals surface area contributed by atoms with Crippen LogP contribution < -0.4 is 0 Å². The molecule has 2 aromatic rings. The molecule has 136 valence electrons. The second kappa shape index (κ2) is 10.6. The van der Waals surface area contributed by atoms with Gasteiger partial charge in [0.25, 0.3) is 0 Å². The number of rotatable bonds is 8. The molecule has 0 unspecified atom stereocenters. The number of halogens is 1. The first-order valence-electron chi connectivity index (χ1n) is 9.56. The Balaban J connectivity index is 2.20. The van der Waals surface area contributed by atoms with Crippen LogP contribution in [0.1, 0.15) is 55.9 Å². The molecule has 0 spiro atoms. The van der Waals surface area contributed by atoms with Crippen molar-refractivity contribution in [2.75, 3.05) is 0 Å². The standard InChI is InChI=1S/C25H29F/c1-4-7-9-21-16-18-23(19-17-21)24(25(26)6-3)11-8-10-22-14-12-20(5-2)13-15-22/h6,8,10-19H,4-5,7,9H2,1-3H3/b10-8+,24-11-,25-6+. The van der Waals surface area contributed by atoms with E-state index in [2.05, 4.69) is 50.2 Å². The largest absolute Gasteiger partial charge is 0.207 e. The maximum absolute atomic E-state index is 14.4. The van der Waals surface area contributed by atoms with Crippen LogP contribution in [0.4, 0.5) is 4.39 Å². The molecule has 0 aromatic heterocycles. The first-order valence-corrected chi connectivity index (χ1v) is 9.56. The van der Waals surface area contributed by atoms with E-state index >= 15 is 0 Å². The molecule has 0 aliphatic carbocycles. The van der Waals surface area contributed by atoms with Crippen molar-refractivity contribution in [3.05, 3.63) is 94.8 Å². The van der Waals surface area contributed by atoms with Gasteiger partial charge in [-0.25, -0.2) is 4.39 Å². The van der Waals surface area contributed by atoms with E-state index in [1.165, 1.54) is 30.0 Å². The Bertz CT molecular complexity index is 759. The third-order valence-electron chi connectivity index (χ3n) is 4.53. The number of allylic oxidation sites excluding steroid dienone is 5. The van der Waals surface area contributed by atoms with Gasteiger partial charge in [0, 0.05) is 5.57 Å². The minimum absolute atomic E-state index is 0.197. The summed E-state index contributed by atoms with van der Waals surface area (Å²) >= 11 is 0. The Hall–Kier alpha value is -2.41. The van der Waals surface area contributed by atoms with E-state index in [9.17, 15) is 4.39 Å². The minimum atomic E-state index is -0.197. The predicted octanol–water partition coefficient (Wildman–Crippen LogP) is 7.56. The summed E-state index contributed by atoms with van der Waals surface area (Å²) in [6.45, 7) is 6.07. The minimum Gasteiger partial charge on any atom is -0.207 e. The van der Waals surface area contributed by atoms with Crippen molar-refractivity contribution in [1.82, 2.24) is 0 Å². The lowest BCUT2D eigenvalue weighted by molar-refractivity contribution is 0.672. The van der Waals surface area contributed by atoms with Gasteiger partial charge in [0.2, 0.25) is 0 Å². The van der Waals surface area contributed by atoms with Gasteiger partial charge in [-0.1, -0.05) is 93.1 Å². The molecule has 0 bridgehead atoms. The number of hydrogen-bond donors (Lipinski definition) is 0. The lowest BCUT2D eigenvalue weighted by atomic mass is 10.00. The molecule has 0 saturated heterocycles. The molecular weight excluding hydrogens is 319 g/mol. The van der Waals surface area contributed by atoms with Crippen molar-refractivity contribution < 1.29 is 4.39 Å². The number of benzene rings is 2.